The Labute approximate surface area is 122 Å². The number of hydrogen-bond acceptors (Lipinski definition) is 2. The molecule has 1 aromatic carbocycles. The Morgan fingerprint density at radius 3 is 2.68 bits per heavy atom. The topological polar surface area (TPSA) is 46.2 Å². The molecule has 19 heavy (non-hydrogen) atoms. The summed E-state index contributed by atoms with van der Waals surface area (Å²) in [6, 6.07) is 4.44. The molecular formula is C15H21BrFNO. The second kappa shape index (κ2) is 5.90. The van der Waals surface area contributed by atoms with E-state index in [0.29, 0.717) is 18.0 Å². The van der Waals surface area contributed by atoms with E-state index in [1.54, 1.807) is 6.07 Å². The maximum atomic E-state index is 13.4. The summed E-state index contributed by atoms with van der Waals surface area (Å²) in [4.78, 5) is 0. The molecule has 0 aliphatic heterocycles. The molecule has 0 heterocycles. The molecule has 0 saturated heterocycles. The standard InChI is InChI=1S/C15H21BrFNO/c1-10-4-6-15(9-18,7-5-10)14(19)12-8-11(17)2-3-13(12)16/h2-3,8,10,14,19H,4-7,9,18H2,1H3. The van der Waals surface area contributed by atoms with Crippen LogP contribution >= 0.6 is 15.9 Å². The van der Waals surface area contributed by atoms with Crippen LogP contribution in [-0.2, 0) is 0 Å². The Morgan fingerprint density at radius 2 is 2.11 bits per heavy atom. The van der Waals surface area contributed by atoms with E-state index in [0.717, 1.165) is 30.2 Å². The molecule has 2 rings (SSSR count). The maximum Gasteiger partial charge on any atom is 0.123 e. The normalized spacial score (nSPS) is 29.2. The lowest BCUT2D eigenvalue weighted by Gasteiger charge is -2.42. The van der Waals surface area contributed by atoms with Crippen molar-refractivity contribution in [1.29, 1.82) is 0 Å². The summed E-state index contributed by atoms with van der Waals surface area (Å²) in [6.45, 7) is 2.66. The number of nitrogens with two attached hydrogens (primary N) is 1. The van der Waals surface area contributed by atoms with Crippen molar-refractivity contribution in [3.8, 4) is 0 Å². The predicted octanol–water partition coefficient (Wildman–Crippen LogP) is 3.78. The van der Waals surface area contributed by atoms with E-state index in [1.165, 1.54) is 12.1 Å². The highest BCUT2D eigenvalue weighted by molar-refractivity contribution is 9.10. The van der Waals surface area contributed by atoms with E-state index < -0.39 is 6.10 Å². The molecule has 106 valence electrons. The van der Waals surface area contributed by atoms with Gasteiger partial charge in [-0.2, -0.15) is 0 Å². The Hall–Kier alpha value is -0.450. The summed E-state index contributed by atoms with van der Waals surface area (Å²) in [7, 11) is 0. The van der Waals surface area contributed by atoms with Crippen LogP contribution in [0.4, 0.5) is 4.39 Å². The summed E-state index contributed by atoms with van der Waals surface area (Å²) in [5.41, 5.74) is 6.24. The van der Waals surface area contributed by atoms with Crippen LogP contribution in [0.3, 0.4) is 0 Å². The molecule has 0 aromatic heterocycles. The van der Waals surface area contributed by atoms with Gasteiger partial charge in [-0.15, -0.1) is 0 Å². The summed E-state index contributed by atoms with van der Waals surface area (Å²) in [5.74, 6) is 0.358. The van der Waals surface area contributed by atoms with Crippen molar-refractivity contribution < 1.29 is 9.50 Å². The maximum absolute atomic E-state index is 13.4. The third-order valence-electron chi connectivity index (χ3n) is 4.51. The quantitative estimate of drug-likeness (QED) is 0.886. The lowest BCUT2D eigenvalue weighted by molar-refractivity contribution is -0.00878. The van der Waals surface area contributed by atoms with Gasteiger partial charge in [0.15, 0.2) is 0 Å². The average Bonchev–Trinajstić information content (AvgIpc) is 2.42. The lowest BCUT2D eigenvalue weighted by Crippen LogP contribution is -2.40. The van der Waals surface area contributed by atoms with Gasteiger partial charge in [0.1, 0.15) is 5.82 Å². The van der Waals surface area contributed by atoms with E-state index in [-0.39, 0.29) is 11.2 Å². The largest absolute Gasteiger partial charge is 0.388 e. The summed E-state index contributed by atoms with van der Waals surface area (Å²) in [5, 5.41) is 10.7. The molecule has 0 amide bonds. The van der Waals surface area contributed by atoms with E-state index in [1.807, 2.05) is 0 Å². The molecule has 1 aliphatic rings. The van der Waals surface area contributed by atoms with Crippen LogP contribution in [0.15, 0.2) is 22.7 Å². The molecule has 0 bridgehead atoms. The van der Waals surface area contributed by atoms with Gasteiger partial charge < -0.3 is 10.8 Å². The van der Waals surface area contributed by atoms with Gasteiger partial charge >= 0.3 is 0 Å². The molecule has 2 nitrogen and oxygen atoms in total. The highest BCUT2D eigenvalue weighted by Gasteiger charge is 2.40. The first-order valence-corrected chi connectivity index (χ1v) is 7.61. The van der Waals surface area contributed by atoms with Gasteiger partial charge in [-0.05, 0) is 42.5 Å². The van der Waals surface area contributed by atoms with E-state index >= 15 is 0 Å². The molecule has 3 N–H and O–H groups in total. The highest BCUT2D eigenvalue weighted by Crippen LogP contribution is 2.48. The number of aliphatic hydroxyl groups is 1. The minimum Gasteiger partial charge on any atom is -0.388 e. The van der Waals surface area contributed by atoms with E-state index in [4.69, 9.17) is 5.73 Å². The fourth-order valence-corrected chi connectivity index (χ4v) is 3.44. The van der Waals surface area contributed by atoms with Crippen LogP contribution in [0.2, 0.25) is 0 Å². The first-order chi connectivity index (χ1) is 8.98. The molecule has 4 heteroatoms. The predicted molar refractivity (Wildman–Crippen MR) is 78.2 cm³/mol. The lowest BCUT2D eigenvalue weighted by atomic mass is 9.66. The van der Waals surface area contributed by atoms with Gasteiger partial charge in [-0.25, -0.2) is 4.39 Å². The second-order valence-electron chi connectivity index (χ2n) is 5.82. The Morgan fingerprint density at radius 1 is 1.47 bits per heavy atom. The summed E-state index contributed by atoms with van der Waals surface area (Å²) in [6.07, 6.45) is 3.22. The van der Waals surface area contributed by atoms with E-state index in [2.05, 4.69) is 22.9 Å². The second-order valence-corrected chi connectivity index (χ2v) is 6.67. The molecule has 1 aliphatic carbocycles. The monoisotopic (exact) mass is 329 g/mol. The van der Waals surface area contributed by atoms with Crippen LogP contribution in [0.25, 0.3) is 0 Å². The minimum atomic E-state index is -0.713. The molecule has 1 saturated carbocycles. The third-order valence-corrected chi connectivity index (χ3v) is 5.23. The minimum absolute atomic E-state index is 0.317. The van der Waals surface area contributed by atoms with Crippen molar-refractivity contribution in [1.82, 2.24) is 0 Å². The van der Waals surface area contributed by atoms with Crippen LogP contribution in [0, 0.1) is 17.2 Å². The fraction of sp³-hybridized carbons (Fsp3) is 0.600. The SMILES string of the molecule is CC1CCC(CN)(C(O)c2cc(F)ccc2Br)CC1. The number of halogens is 2. The molecule has 1 fully saturated rings. The summed E-state index contributed by atoms with van der Waals surface area (Å²) >= 11 is 3.40. The van der Waals surface area contributed by atoms with Crippen molar-refractivity contribution in [2.75, 3.05) is 6.54 Å². The fourth-order valence-electron chi connectivity index (χ4n) is 2.98. The Balaban J connectivity index is 2.30. The molecule has 1 unspecified atom stereocenters. The summed E-state index contributed by atoms with van der Waals surface area (Å²) < 4.78 is 14.1. The number of aliphatic hydroxyl groups excluding tert-OH is 1. The van der Waals surface area contributed by atoms with Gasteiger partial charge in [0.2, 0.25) is 0 Å². The van der Waals surface area contributed by atoms with Gasteiger partial charge in [0.05, 0.1) is 6.10 Å². The third kappa shape index (κ3) is 3.01. The zero-order valence-corrected chi connectivity index (χ0v) is 12.8. The van der Waals surface area contributed by atoms with Crippen LogP contribution in [0.5, 0.6) is 0 Å². The average molecular weight is 330 g/mol. The van der Waals surface area contributed by atoms with Crippen molar-refractivity contribution in [2.45, 2.75) is 38.7 Å². The van der Waals surface area contributed by atoms with Crippen molar-refractivity contribution in [3.63, 3.8) is 0 Å². The first kappa shape index (κ1) is 14.9. The molecule has 0 radical (unpaired) electrons. The van der Waals surface area contributed by atoms with Crippen molar-refractivity contribution in [2.24, 2.45) is 17.1 Å². The van der Waals surface area contributed by atoms with Gasteiger partial charge in [-0.1, -0.05) is 35.7 Å². The van der Waals surface area contributed by atoms with E-state index in [9.17, 15) is 9.50 Å². The highest BCUT2D eigenvalue weighted by atomic mass is 79.9. The molecule has 0 spiro atoms. The number of hydrogen-bond donors (Lipinski definition) is 2. The van der Waals surface area contributed by atoms with Gasteiger partial charge in [-0.3, -0.25) is 0 Å². The van der Waals surface area contributed by atoms with Crippen molar-refractivity contribution >= 4 is 15.9 Å². The zero-order chi connectivity index (χ0) is 14.0. The van der Waals surface area contributed by atoms with Crippen LogP contribution < -0.4 is 5.73 Å². The first-order valence-electron chi connectivity index (χ1n) is 6.81. The van der Waals surface area contributed by atoms with Crippen LogP contribution in [-0.4, -0.2) is 11.7 Å². The Bertz CT molecular complexity index is 444. The molecular weight excluding hydrogens is 309 g/mol. The van der Waals surface area contributed by atoms with Gasteiger partial charge in [0, 0.05) is 16.4 Å². The smallest absolute Gasteiger partial charge is 0.123 e. The number of benzene rings is 1. The zero-order valence-electron chi connectivity index (χ0n) is 11.2. The Kier molecular flexibility index (Phi) is 4.64. The van der Waals surface area contributed by atoms with Gasteiger partial charge in [0.25, 0.3) is 0 Å². The van der Waals surface area contributed by atoms with Crippen LogP contribution in [0.1, 0.15) is 44.3 Å². The van der Waals surface area contributed by atoms with Crippen molar-refractivity contribution in [3.05, 3.63) is 34.1 Å². The molecule has 1 atom stereocenters. The molecule has 1 aromatic rings. The number of rotatable bonds is 3.